The highest BCUT2D eigenvalue weighted by atomic mass is 16.5. The number of benzene rings is 2. The van der Waals surface area contributed by atoms with Gasteiger partial charge < -0.3 is 15.6 Å². The SMILES string of the molecule is NC[C@@H](O)COc1ccc(/C=C/c2ccccc2)cc1. The third-order valence-electron chi connectivity index (χ3n) is 2.86. The molecule has 3 heteroatoms. The fourth-order valence-corrected chi connectivity index (χ4v) is 1.69. The molecule has 0 aliphatic rings. The van der Waals surface area contributed by atoms with Crippen LogP contribution in [0, 0.1) is 0 Å². The summed E-state index contributed by atoms with van der Waals surface area (Å²) in [5.74, 6) is 0.731. The first-order chi connectivity index (χ1) is 9.78. The highest BCUT2D eigenvalue weighted by Crippen LogP contribution is 2.14. The Balaban J connectivity index is 1.93. The Kier molecular flexibility index (Phi) is 5.35. The second-order valence-electron chi connectivity index (χ2n) is 4.51. The number of hydrogen-bond donors (Lipinski definition) is 2. The van der Waals surface area contributed by atoms with E-state index < -0.39 is 6.10 Å². The Morgan fingerprint density at radius 3 is 2.15 bits per heavy atom. The summed E-state index contributed by atoms with van der Waals surface area (Å²) in [5, 5.41) is 9.32. The lowest BCUT2D eigenvalue weighted by atomic mass is 10.1. The van der Waals surface area contributed by atoms with Crippen molar-refractivity contribution < 1.29 is 9.84 Å². The summed E-state index contributed by atoms with van der Waals surface area (Å²) in [6, 6.07) is 17.9. The zero-order chi connectivity index (χ0) is 14.2. The van der Waals surface area contributed by atoms with Crippen LogP contribution in [-0.4, -0.2) is 24.4 Å². The van der Waals surface area contributed by atoms with Crippen molar-refractivity contribution >= 4 is 12.2 Å². The molecule has 0 unspecified atom stereocenters. The third kappa shape index (κ3) is 4.53. The van der Waals surface area contributed by atoms with Gasteiger partial charge in [0.05, 0.1) is 0 Å². The Morgan fingerprint density at radius 2 is 1.55 bits per heavy atom. The van der Waals surface area contributed by atoms with E-state index in [0.717, 1.165) is 11.3 Å². The molecule has 3 nitrogen and oxygen atoms in total. The molecule has 0 saturated heterocycles. The van der Waals surface area contributed by atoms with Crippen molar-refractivity contribution in [1.82, 2.24) is 0 Å². The highest BCUT2D eigenvalue weighted by Gasteiger charge is 2.01. The fraction of sp³-hybridized carbons (Fsp3) is 0.176. The number of rotatable bonds is 6. The van der Waals surface area contributed by atoms with Crippen LogP contribution in [0.4, 0.5) is 0 Å². The van der Waals surface area contributed by atoms with Gasteiger partial charge in [0, 0.05) is 6.54 Å². The van der Waals surface area contributed by atoms with E-state index in [1.165, 1.54) is 5.56 Å². The van der Waals surface area contributed by atoms with Gasteiger partial charge in [0.1, 0.15) is 18.5 Å². The molecular formula is C17H19NO2. The molecule has 0 fully saturated rings. The van der Waals surface area contributed by atoms with Crippen molar-refractivity contribution in [2.24, 2.45) is 5.73 Å². The molecule has 3 N–H and O–H groups in total. The number of hydrogen-bond acceptors (Lipinski definition) is 3. The van der Waals surface area contributed by atoms with Crippen LogP contribution in [0.1, 0.15) is 11.1 Å². The molecule has 0 aliphatic carbocycles. The van der Waals surface area contributed by atoms with Crippen LogP contribution in [0.5, 0.6) is 5.75 Å². The van der Waals surface area contributed by atoms with Crippen molar-refractivity contribution in [3.8, 4) is 5.75 Å². The molecular weight excluding hydrogens is 250 g/mol. The van der Waals surface area contributed by atoms with Crippen LogP contribution in [-0.2, 0) is 0 Å². The maximum Gasteiger partial charge on any atom is 0.119 e. The topological polar surface area (TPSA) is 55.5 Å². The Bertz CT molecular complexity index is 535. The van der Waals surface area contributed by atoms with E-state index in [2.05, 4.69) is 18.2 Å². The van der Waals surface area contributed by atoms with Crippen molar-refractivity contribution in [2.45, 2.75) is 6.10 Å². The van der Waals surface area contributed by atoms with Gasteiger partial charge in [-0.05, 0) is 23.3 Å². The Morgan fingerprint density at radius 1 is 0.950 bits per heavy atom. The summed E-state index contributed by atoms with van der Waals surface area (Å²) in [6.07, 6.45) is 3.50. The zero-order valence-corrected chi connectivity index (χ0v) is 11.3. The lowest BCUT2D eigenvalue weighted by molar-refractivity contribution is 0.114. The van der Waals surface area contributed by atoms with E-state index in [-0.39, 0.29) is 13.2 Å². The summed E-state index contributed by atoms with van der Waals surface area (Å²) in [4.78, 5) is 0. The van der Waals surface area contributed by atoms with Crippen LogP contribution < -0.4 is 10.5 Å². The average Bonchev–Trinajstić information content (AvgIpc) is 2.52. The number of nitrogens with two attached hydrogens (primary N) is 1. The lowest BCUT2D eigenvalue weighted by Crippen LogP contribution is -2.26. The summed E-state index contributed by atoms with van der Waals surface area (Å²) in [7, 11) is 0. The average molecular weight is 269 g/mol. The van der Waals surface area contributed by atoms with E-state index in [1.54, 1.807) is 0 Å². The van der Waals surface area contributed by atoms with Crippen molar-refractivity contribution in [3.05, 3.63) is 65.7 Å². The van der Waals surface area contributed by atoms with Gasteiger partial charge in [0.15, 0.2) is 0 Å². The maximum atomic E-state index is 9.32. The van der Waals surface area contributed by atoms with E-state index >= 15 is 0 Å². The monoisotopic (exact) mass is 269 g/mol. The van der Waals surface area contributed by atoms with Crippen LogP contribution >= 0.6 is 0 Å². The molecule has 2 rings (SSSR count). The molecule has 2 aromatic carbocycles. The minimum Gasteiger partial charge on any atom is -0.491 e. The molecule has 0 spiro atoms. The zero-order valence-electron chi connectivity index (χ0n) is 11.3. The summed E-state index contributed by atoms with van der Waals surface area (Å²) >= 11 is 0. The molecule has 0 amide bonds. The van der Waals surface area contributed by atoms with Crippen molar-refractivity contribution in [3.63, 3.8) is 0 Å². The minimum atomic E-state index is -0.618. The smallest absolute Gasteiger partial charge is 0.119 e. The van der Waals surface area contributed by atoms with E-state index in [0.29, 0.717) is 0 Å². The van der Waals surface area contributed by atoms with Gasteiger partial charge in [-0.2, -0.15) is 0 Å². The highest BCUT2D eigenvalue weighted by molar-refractivity contribution is 5.69. The molecule has 20 heavy (non-hydrogen) atoms. The van der Waals surface area contributed by atoms with E-state index in [4.69, 9.17) is 10.5 Å². The van der Waals surface area contributed by atoms with Crippen LogP contribution in [0.25, 0.3) is 12.2 Å². The number of ether oxygens (including phenoxy) is 1. The van der Waals surface area contributed by atoms with Crippen LogP contribution in [0.2, 0.25) is 0 Å². The first kappa shape index (κ1) is 14.3. The van der Waals surface area contributed by atoms with Crippen LogP contribution in [0.15, 0.2) is 54.6 Å². The van der Waals surface area contributed by atoms with Gasteiger partial charge in [-0.3, -0.25) is 0 Å². The van der Waals surface area contributed by atoms with E-state index in [1.807, 2.05) is 48.5 Å². The first-order valence-corrected chi connectivity index (χ1v) is 6.62. The standard InChI is InChI=1S/C17H19NO2/c18-12-16(19)13-20-17-10-8-15(9-11-17)7-6-14-4-2-1-3-5-14/h1-11,16,19H,12-13,18H2/b7-6+/t16-/m1/s1. The predicted molar refractivity (Wildman–Crippen MR) is 82.4 cm³/mol. The summed E-state index contributed by atoms with van der Waals surface area (Å²) in [6.45, 7) is 0.424. The molecule has 0 radical (unpaired) electrons. The van der Waals surface area contributed by atoms with Gasteiger partial charge in [-0.1, -0.05) is 54.6 Å². The lowest BCUT2D eigenvalue weighted by Gasteiger charge is -2.10. The van der Waals surface area contributed by atoms with Gasteiger partial charge >= 0.3 is 0 Å². The summed E-state index contributed by atoms with van der Waals surface area (Å²) < 4.78 is 5.42. The molecule has 0 heterocycles. The minimum absolute atomic E-state index is 0.206. The Hall–Kier alpha value is -2.10. The third-order valence-corrected chi connectivity index (χ3v) is 2.86. The van der Waals surface area contributed by atoms with Gasteiger partial charge in [0.25, 0.3) is 0 Å². The normalized spacial score (nSPS) is 12.5. The molecule has 0 aliphatic heterocycles. The maximum absolute atomic E-state index is 9.32. The number of aliphatic hydroxyl groups excluding tert-OH is 1. The molecule has 104 valence electrons. The van der Waals surface area contributed by atoms with Crippen molar-refractivity contribution in [2.75, 3.05) is 13.2 Å². The Labute approximate surface area is 119 Å². The molecule has 2 aromatic rings. The number of aliphatic hydroxyl groups is 1. The van der Waals surface area contributed by atoms with Gasteiger partial charge in [0.2, 0.25) is 0 Å². The van der Waals surface area contributed by atoms with E-state index in [9.17, 15) is 5.11 Å². The molecule has 0 saturated carbocycles. The molecule has 0 aromatic heterocycles. The van der Waals surface area contributed by atoms with Crippen molar-refractivity contribution in [1.29, 1.82) is 0 Å². The second-order valence-corrected chi connectivity index (χ2v) is 4.51. The quantitative estimate of drug-likeness (QED) is 0.792. The molecule has 1 atom stereocenters. The molecule has 0 bridgehead atoms. The second kappa shape index (κ2) is 7.48. The predicted octanol–water partition coefficient (Wildman–Crippen LogP) is 2.56. The fourth-order valence-electron chi connectivity index (χ4n) is 1.69. The van der Waals surface area contributed by atoms with Gasteiger partial charge in [-0.15, -0.1) is 0 Å². The van der Waals surface area contributed by atoms with Gasteiger partial charge in [-0.25, -0.2) is 0 Å². The largest absolute Gasteiger partial charge is 0.491 e. The summed E-state index contributed by atoms with van der Waals surface area (Å²) in [5.41, 5.74) is 7.58. The van der Waals surface area contributed by atoms with Crippen LogP contribution in [0.3, 0.4) is 0 Å². The first-order valence-electron chi connectivity index (χ1n) is 6.62.